The van der Waals surface area contributed by atoms with Crippen molar-refractivity contribution in [3.8, 4) is 0 Å². The van der Waals surface area contributed by atoms with E-state index in [0.29, 0.717) is 25.8 Å². The number of nitrogens with zero attached hydrogens (tertiary/aromatic N) is 1. The van der Waals surface area contributed by atoms with E-state index in [4.69, 9.17) is 27.4 Å². The molecule has 24 heavy (non-hydrogen) atoms. The Hall–Kier alpha value is -2.01. The normalized spacial score (nSPS) is 12.1. The molecule has 0 aliphatic rings. The molecule has 11 heteroatoms. The van der Waals surface area contributed by atoms with Crippen LogP contribution in [0.2, 0.25) is 0 Å². The van der Waals surface area contributed by atoms with Gasteiger partial charge in [0.1, 0.15) is 12.1 Å². The molecular weight excluding hydrogens is 338 g/mol. The summed E-state index contributed by atoms with van der Waals surface area (Å²) < 4.78 is 0. The quantitative estimate of drug-likeness (QED) is 0.156. The van der Waals surface area contributed by atoms with Gasteiger partial charge in [-0.1, -0.05) is 0 Å². The summed E-state index contributed by atoms with van der Waals surface area (Å²) in [4.78, 5) is 35.0. The van der Waals surface area contributed by atoms with E-state index in [-0.39, 0.29) is 11.9 Å². The molecule has 0 saturated heterocycles. The lowest BCUT2D eigenvalue weighted by Gasteiger charge is -2.11. The van der Waals surface area contributed by atoms with E-state index in [1.807, 2.05) is 6.26 Å². The lowest BCUT2D eigenvalue weighted by atomic mass is 10.2. The zero-order valence-corrected chi connectivity index (χ0v) is 14.7. The van der Waals surface area contributed by atoms with Crippen LogP contribution < -0.4 is 22.5 Å². The maximum Gasteiger partial charge on any atom is 0.326 e. The van der Waals surface area contributed by atoms with Gasteiger partial charge in [0.15, 0.2) is 5.96 Å². The minimum atomic E-state index is -1.00. The van der Waals surface area contributed by atoms with Crippen LogP contribution >= 0.6 is 11.8 Å². The molecule has 0 bridgehead atoms. The predicted octanol–water partition coefficient (Wildman–Crippen LogP) is -1.22. The van der Waals surface area contributed by atoms with Crippen LogP contribution in [0.1, 0.15) is 26.2 Å². The fraction of sp³-hybridized carbons (Fsp3) is 0.692. The first-order valence-corrected chi connectivity index (χ1v) is 8.53. The summed E-state index contributed by atoms with van der Waals surface area (Å²) in [6, 6.07) is -1.56. The highest BCUT2D eigenvalue weighted by Crippen LogP contribution is 2.00. The maximum absolute atomic E-state index is 10.5. The maximum atomic E-state index is 10.5. The van der Waals surface area contributed by atoms with Gasteiger partial charge < -0.3 is 32.7 Å². The number of hydrogen-bond donors (Lipinski definition) is 6. The number of nitrogens with one attached hydrogen (secondary N) is 1. The molecule has 0 aliphatic heterocycles. The highest BCUT2D eigenvalue weighted by Gasteiger charge is 2.16. The second kappa shape index (κ2) is 14.6. The van der Waals surface area contributed by atoms with Crippen molar-refractivity contribution < 1.29 is 24.6 Å². The average Bonchev–Trinajstić information content (AvgIpc) is 2.47. The van der Waals surface area contributed by atoms with Gasteiger partial charge in [-0.2, -0.15) is 11.8 Å². The van der Waals surface area contributed by atoms with Crippen molar-refractivity contribution in [3.05, 3.63) is 0 Å². The number of carboxylic acid groups (broad SMARTS) is 2. The summed E-state index contributed by atoms with van der Waals surface area (Å²) >= 11 is 1.56. The first kappa shape index (κ1) is 24.2. The van der Waals surface area contributed by atoms with Crippen LogP contribution in [0.3, 0.4) is 0 Å². The van der Waals surface area contributed by atoms with Crippen molar-refractivity contribution >= 4 is 35.6 Å². The first-order valence-electron chi connectivity index (χ1n) is 7.14. The molecule has 0 radical (unpaired) electrons. The van der Waals surface area contributed by atoms with E-state index in [1.165, 1.54) is 6.92 Å². The van der Waals surface area contributed by atoms with Crippen molar-refractivity contribution in [2.75, 3.05) is 18.6 Å². The van der Waals surface area contributed by atoms with Crippen LogP contribution in [0.5, 0.6) is 0 Å². The summed E-state index contributed by atoms with van der Waals surface area (Å²) in [7, 11) is 0. The second-order valence-electron chi connectivity index (χ2n) is 4.77. The summed E-state index contributed by atoms with van der Waals surface area (Å²) in [5.74, 6) is -1.53. The fourth-order valence-electron chi connectivity index (χ4n) is 1.38. The number of carbonyl (C=O) groups excluding carboxylic acids is 1. The topological polar surface area (TPSA) is 194 Å². The molecule has 0 aromatic heterocycles. The van der Waals surface area contributed by atoms with Crippen LogP contribution in [-0.4, -0.2) is 64.7 Å². The molecule has 0 heterocycles. The molecule has 0 saturated carbocycles. The molecule has 9 N–H and O–H groups in total. The Balaban J connectivity index is 0. The van der Waals surface area contributed by atoms with Gasteiger partial charge in [-0.25, -0.2) is 4.79 Å². The standard InChI is InChI=1S/C7H13NO3S.C6H14N4O2/c1-5(9)8-6(7(10)11)3-4-12-2;7-4(5(11)12)2-1-3-10-6(8)9/h6H,3-4H2,1-2H3,(H,8,9)(H,10,11);4H,1-3,7H2,(H,11,12)(H4,8,9,10). The zero-order valence-electron chi connectivity index (χ0n) is 13.9. The van der Waals surface area contributed by atoms with Crippen molar-refractivity contribution in [1.82, 2.24) is 5.32 Å². The first-order chi connectivity index (χ1) is 11.1. The SMILES string of the molecule is CSCCC(NC(C)=O)C(=O)O.NC(N)=NCCCC(N)C(=O)O. The molecule has 2 unspecified atom stereocenters. The molecule has 140 valence electrons. The Kier molecular flexibility index (Phi) is 14.7. The summed E-state index contributed by atoms with van der Waals surface area (Å²) in [6.45, 7) is 1.73. The molecule has 1 amide bonds. The van der Waals surface area contributed by atoms with Crippen molar-refractivity contribution in [2.24, 2.45) is 22.2 Å². The van der Waals surface area contributed by atoms with E-state index in [0.717, 1.165) is 5.75 Å². The van der Waals surface area contributed by atoms with Gasteiger partial charge in [-0.15, -0.1) is 0 Å². The number of amides is 1. The second-order valence-corrected chi connectivity index (χ2v) is 5.75. The molecule has 10 nitrogen and oxygen atoms in total. The number of hydrogen-bond acceptors (Lipinski definition) is 6. The number of aliphatic carboxylic acids is 2. The molecular formula is C13H27N5O5S. The van der Waals surface area contributed by atoms with Gasteiger partial charge in [0, 0.05) is 13.5 Å². The number of guanidine groups is 1. The minimum absolute atomic E-state index is 0.0129. The Bertz CT molecular complexity index is 429. The number of carboxylic acids is 2. The Morgan fingerprint density at radius 3 is 2.12 bits per heavy atom. The Morgan fingerprint density at radius 2 is 1.75 bits per heavy atom. The molecule has 0 spiro atoms. The van der Waals surface area contributed by atoms with Crippen molar-refractivity contribution in [1.29, 1.82) is 0 Å². The van der Waals surface area contributed by atoms with E-state index < -0.39 is 24.0 Å². The molecule has 0 aromatic carbocycles. The summed E-state index contributed by atoms with van der Waals surface area (Å²) in [6.07, 6.45) is 3.32. The third-order valence-electron chi connectivity index (χ3n) is 2.57. The van der Waals surface area contributed by atoms with Crippen LogP contribution in [0.15, 0.2) is 4.99 Å². The third-order valence-corrected chi connectivity index (χ3v) is 3.22. The largest absolute Gasteiger partial charge is 0.480 e. The number of aliphatic imine (C=N–C) groups is 1. The van der Waals surface area contributed by atoms with E-state index in [9.17, 15) is 14.4 Å². The number of nitrogens with two attached hydrogens (primary N) is 3. The van der Waals surface area contributed by atoms with E-state index in [1.54, 1.807) is 11.8 Å². The van der Waals surface area contributed by atoms with Gasteiger partial charge in [0.25, 0.3) is 0 Å². The van der Waals surface area contributed by atoms with Crippen molar-refractivity contribution in [3.63, 3.8) is 0 Å². The molecule has 0 rings (SSSR count). The molecule has 2 atom stereocenters. The monoisotopic (exact) mass is 365 g/mol. The Morgan fingerprint density at radius 1 is 1.17 bits per heavy atom. The van der Waals surface area contributed by atoms with E-state index >= 15 is 0 Å². The van der Waals surface area contributed by atoms with Crippen LogP contribution in [-0.2, 0) is 14.4 Å². The van der Waals surface area contributed by atoms with Crippen molar-refractivity contribution in [2.45, 2.75) is 38.3 Å². The molecule has 0 aromatic rings. The highest BCUT2D eigenvalue weighted by atomic mass is 32.2. The van der Waals surface area contributed by atoms with Crippen LogP contribution in [0.25, 0.3) is 0 Å². The van der Waals surface area contributed by atoms with Gasteiger partial charge in [-0.05, 0) is 31.3 Å². The average molecular weight is 365 g/mol. The van der Waals surface area contributed by atoms with Crippen LogP contribution in [0, 0.1) is 0 Å². The lowest BCUT2D eigenvalue weighted by Crippen LogP contribution is -2.39. The predicted molar refractivity (Wildman–Crippen MR) is 93.8 cm³/mol. The van der Waals surface area contributed by atoms with Gasteiger partial charge in [0.05, 0.1) is 0 Å². The Labute approximate surface area is 145 Å². The third kappa shape index (κ3) is 16.4. The lowest BCUT2D eigenvalue weighted by molar-refractivity contribution is -0.141. The smallest absolute Gasteiger partial charge is 0.326 e. The van der Waals surface area contributed by atoms with Gasteiger partial charge in [0.2, 0.25) is 5.91 Å². The van der Waals surface area contributed by atoms with Gasteiger partial charge in [-0.3, -0.25) is 14.6 Å². The number of carbonyl (C=O) groups is 3. The van der Waals surface area contributed by atoms with Crippen LogP contribution in [0.4, 0.5) is 0 Å². The van der Waals surface area contributed by atoms with E-state index in [2.05, 4.69) is 10.3 Å². The molecule has 0 fully saturated rings. The summed E-state index contributed by atoms with van der Waals surface area (Å²) in [5.41, 5.74) is 15.3. The summed E-state index contributed by atoms with van der Waals surface area (Å²) in [5, 5.41) is 19.4. The number of rotatable bonds is 10. The fourth-order valence-corrected chi connectivity index (χ4v) is 1.85. The molecule has 0 aliphatic carbocycles. The van der Waals surface area contributed by atoms with Gasteiger partial charge >= 0.3 is 11.9 Å². The highest BCUT2D eigenvalue weighted by molar-refractivity contribution is 7.98. The zero-order chi connectivity index (χ0) is 19.1. The number of thioether (sulfide) groups is 1. The minimum Gasteiger partial charge on any atom is -0.480 e.